The number of hydrogen-bond donors (Lipinski definition) is 2. The summed E-state index contributed by atoms with van der Waals surface area (Å²) >= 11 is 5.96. The van der Waals surface area contributed by atoms with E-state index >= 15 is 0 Å². The first-order chi connectivity index (χ1) is 12.8. The van der Waals surface area contributed by atoms with Gasteiger partial charge in [-0.1, -0.05) is 29.8 Å². The second-order valence-corrected chi connectivity index (χ2v) is 6.69. The summed E-state index contributed by atoms with van der Waals surface area (Å²) in [4.78, 5) is 23.8. The third-order valence-corrected chi connectivity index (χ3v) is 4.46. The summed E-state index contributed by atoms with van der Waals surface area (Å²) in [6.45, 7) is 7.52. The van der Waals surface area contributed by atoms with Crippen molar-refractivity contribution in [1.29, 1.82) is 0 Å². The van der Waals surface area contributed by atoms with Crippen molar-refractivity contribution in [2.75, 3.05) is 0 Å². The van der Waals surface area contributed by atoms with Crippen LogP contribution in [-0.4, -0.2) is 18.1 Å². The molecule has 2 N–H and O–H groups in total. The SMILES string of the molecule is Cc1ccc(COC(=O)NNC(=O)C(C)Oc2ccc(Cl)c(C)c2)cc1C. The molecule has 0 bridgehead atoms. The topological polar surface area (TPSA) is 76.7 Å². The maximum absolute atomic E-state index is 12.0. The van der Waals surface area contributed by atoms with Gasteiger partial charge in [-0.05, 0) is 68.1 Å². The number of halogens is 1. The second-order valence-electron chi connectivity index (χ2n) is 6.28. The molecule has 0 aromatic heterocycles. The molecule has 0 saturated carbocycles. The van der Waals surface area contributed by atoms with Crippen molar-refractivity contribution in [3.8, 4) is 5.75 Å². The third-order valence-electron chi connectivity index (χ3n) is 4.04. The monoisotopic (exact) mass is 390 g/mol. The molecule has 2 aromatic carbocycles. The van der Waals surface area contributed by atoms with Gasteiger partial charge in [0.2, 0.25) is 0 Å². The van der Waals surface area contributed by atoms with Crippen LogP contribution in [0, 0.1) is 20.8 Å². The maximum atomic E-state index is 12.0. The summed E-state index contributed by atoms with van der Waals surface area (Å²) < 4.78 is 10.6. The van der Waals surface area contributed by atoms with Gasteiger partial charge in [0.1, 0.15) is 12.4 Å². The first-order valence-corrected chi connectivity index (χ1v) is 8.85. The van der Waals surface area contributed by atoms with Gasteiger partial charge in [-0.3, -0.25) is 10.2 Å². The molecule has 7 heteroatoms. The average molecular weight is 391 g/mol. The molecule has 2 aromatic rings. The fourth-order valence-electron chi connectivity index (χ4n) is 2.24. The number of hydrazine groups is 1. The lowest BCUT2D eigenvalue weighted by Gasteiger charge is -2.15. The van der Waals surface area contributed by atoms with Gasteiger partial charge >= 0.3 is 6.09 Å². The quantitative estimate of drug-likeness (QED) is 0.757. The van der Waals surface area contributed by atoms with E-state index in [4.69, 9.17) is 21.1 Å². The third kappa shape index (κ3) is 6.18. The van der Waals surface area contributed by atoms with E-state index < -0.39 is 18.1 Å². The fraction of sp³-hybridized carbons (Fsp3) is 0.300. The minimum Gasteiger partial charge on any atom is -0.481 e. The Morgan fingerprint density at radius 2 is 1.74 bits per heavy atom. The fourth-order valence-corrected chi connectivity index (χ4v) is 2.36. The predicted molar refractivity (Wildman–Crippen MR) is 104 cm³/mol. The average Bonchev–Trinajstić information content (AvgIpc) is 2.63. The molecule has 6 nitrogen and oxygen atoms in total. The second kappa shape index (κ2) is 9.28. The molecule has 2 amide bonds. The van der Waals surface area contributed by atoms with Crippen LogP contribution in [0.5, 0.6) is 5.75 Å². The van der Waals surface area contributed by atoms with Crippen molar-refractivity contribution < 1.29 is 19.1 Å². The number of hydrogen-bond acceptors (Lipinski definition) is 4. The summed E-state index contributed by atoms with van der Waals surface area (Å²) in [5.74, 6) is 0.00241. The predicted octanol–water partition coefficient (Wildman–Crippen LogP) is 3.99. The normalized spacial score (nSPS) is 11.4. The minimum atomic E-state index is -0.814. The Morgan fingerprint density at radius 3 is 2.41 bits per heavy atom. The number of amides is 2. The van der Waals surface area contributed by atoms with Gasteiger partial charge < -0.3 is 9.47 Å². The number of carbonyl (C=O) groups excluding carboxylic acids is 2. The van der Waals surface area contributed by atoms with E-state index in [1.165, 1.54) is 5.56 Å². The van der Waals surface area contributed by atoms with Gasteiger partial charge in [0.05, 0.1) is 0 Å². The molecule has 0 spiro atoms. The van der Waals surface area contributed by atoms with Gasteiger partial charge in [0.15, 0.2) is 6.10 Å². The van der Waals surface area contributed by atoms with Crippen molar-refractivity contribution in [1.82, 2.24) is 10.9 Å². The number of ether oxygens (including phenoxy) is 2. The van der Waals surface area contributed by atoms with Crippen LogP contribution < -0.4 is 15.6 Å². The molecular weight excluding hydrogens is 368 g/mol. The van der Waals surface area contributed by atoms with Crippen molar-refractivity contribution >= 4 is 23.6 Å². The highest BCUT2D eigenvalue weighted by atomic mass is 35.5. The van der Waals surface area contributed by atoms with Gasteiger partial charge in [0.25, 0.3) is 5.91 Å². The first-order valence-electron chi connectivity index (χ1n) is 8.48. The van der Waals surface area contributed by atoms with Gasteiger partial charge in [-0.15, -0.1) is 0 Å². The lowest BCUT2D eigenvalue weighted by atomic mass is 10.1. The summed E-state index contributed by atoms with van der Waals surface area (Å²) in [5.41, 5.74) is 8.47. The number of carbonyl (C=O) groups is 2. The molecule has 0 saturated heterocycles. The first kappa shape index (κ1) is 20.6. The van der Waals surface area contributed by atoms with E-state index in [0.29, 0.717) is 10.8 Å². The Bertz CT molecular complexity index is 839. The Morgan fingerprint density at radius 1 is 1.00 bits per heavy atom. The van der Waals surface area contributed by atoms with E-state index in [2.05, 4.69) is 10.9 Å². The van der Waals surface area contributed by atoms with Gasteiger partial charge in [0, 0.05) is 5.02 Å². The van der Waals surface area contributed by atoms with Crippen LogP contribution >= 0.6 is 11.6 Å². The lowest BCUT2D eigenvalue weighted by molar-refractivity contribution is -0.128. The summed E-state index contributed by atoms with van der Waals surface area (Å²) in [6.07, 6.45) is -1.57. The highest BCUT2D eigenvalue weighted by Crippen LogP contribution is 2.21. The molecule has 1 atom stereocenters. The van der Waals surface area contributed by atoms with Crippen LogP contribution in [-0.2, 0) is 16.1 Å². The Hall–Kier alpha value is -2.73. The molecule has 0 aliphatic heterocycles. The van der Waals surface area contributed by atoms with Crippen LogP contribution in [0.4, 0.5) is 4.79 Å². The number of aryl methyl sites for hydroxylation is 3. The Kier molecular flexibility index (Phi) is 7.07. The zero-order valence-corrected chi connectivity index (χ0v) is 16.5. The smallest absolute Gasteiger partial charge is 0.426 e. The summed E-state index contributed by atoms with van der Waals surface area (Å²) in [7, 11) is 0. The van der Waals surface area contributed by atoms with Crippen LogP contribution in [0.3, 0.4) is 0 Å². The highest BCUT2D eigenvalue weighted by molar-refractivity contribution is 6.31. The van der Waals surface area contributed by atoms with Crippen LogP contribution in [0.15, 0.2) is 36.4 Å². The van der Waals surface area contributed by atoms with E-state index in [0.717, 1.165) is 16.7 Å². The van der Waals surface area contributed by atoms with E-state index in [1.807, 2.05) is 39.0 Å². The molecule has 0 radical (unpaired) electrons. The van der Waals surface area contributed by atoms with Crippen LogP contribution in [0.25, 0.3) is 0 Å². The molecule has 0 heterocycles. The Balaban J connectivity index is 1.77. The Labute approximate surface area is 163 Å². The summed E-state index contributed by atoms with van der Waals surface area (Å²) in [5, 5.41) is 0.618. The van der Waals surface area contributed by atoms with Crippen LogP contribution in [0.1, 0.15) is 29.2 Å². The lowest BCUT2D eigenvalue weighted by Crippen LogP contribution is -2.47. The van der Waals surface area contributed by atoms with E-state index in [9.17, 15) is 9.59 Å². The molecular formula is C20H23ClN2O4. The highest BCUT2D eigenvalue weighted by Gasteiger charge is 2.16. The molecule has 0 fully saturated rings. The minimum absolute atomic E-state index is 0.110. The zero-order valence-electron chi connectivity index (χ0n) is 15.8. The van der Waals surface area contributed by atoms with Crippen molar-refractivity contribution in [2.24, 2.45) is 0 Å². The van der Waals surface area contributed by atoms with Crippen molar-refractivity contribution in [2.45, 2.75) is 40.4 Å². The van der Waals surface area contributed by atoms with E-state index in [-0.39, 0.29) is 6.61 Å². The maximum Gasteiger partial charge on any atom is 0.426 e. The van der Waals surface area contributed by atoms with Crippen molar-refractivity contribution in [3.05, 3.63) is 63.7 Å². The van der Waals surface area contributed by atoms with Crippen LogP contribution in [0.2, 0.25) is 5.02 Å². The molecule has 1 unspecified atom stereocenters. The molecule has 27 heavy (non-hydrogen) atoms. The summed E-state index contributed by atoms with van der Waals surface area (Å²) in [6, 6.07) is 10.9. The van der Waals surface area contributed by atoms with Gasteiger partial charge in [-0.2, -0.15) is 0 Å². The van der Waals surface area contributed by atoms with Crippen molar-refractivity contribution in [3.63, 3.8) is 0 Å². The molecule has 2 rings (SSSR count). The van der Waals surface area contributed by atoms with Gasteiger partial charge in [-0.25, -0.2) is 10.2 Å². The number of nitrogens with one attached hydrogen (secondary N) is 2. The standard InChI is InChI=1S/C20H23ClN2O4/c1-12-5-6-16(9-13(12)2)11-26-20(25)23-22-19(24)15(4)27-17-7-8-18(21)14(3)10-17/h5-10,15H,11H2,1-4H3,(H,22,24)(H,23,25). The molecule has 144 valence electrons. The molecule has 0 aliphatic rings. The number of rotatable bonds is 5. The zero-order chi connectivity index (χ0) is 20.0. The molecule has 0 aliphatic carbocycles. The number of benzene rings is 2. The van der Waals surface area contributed by atoms with E-state index in [1.54, 1.807) is 25.1 Å². The largest absolute Gasteiger partial charge is 0.481 e.